The Balaban J connectivity index is 2.06. The van der Waals surface area contributed by atoms with Gasteiger partial charge in [0.1, 0.15) is 0 Å². The predicted molar refractivity (Wildman–Crippen MR) is 85.9 cm³/mol. The second-order valence-corrected chi connectivity index (χ2v) is 6.27. The largest absolute Gasteiger partial charge is 0.354 e. The second kappa shape index (κ2) is 5.61. The molecular formula is C16H22N4O2. The number of hydrogen-bond acceptors (Lipinski definition) is 3. The number of piperidine rings is 1. The molecular weight excluding hydrogens is 280 g/mol. The number of fused-ring (bicyclic) bond motifs is 1. The first-order valence-corrected chi connectivity index (χ1v) is 7.58. The molecule has 1 aromatic heterocycles. The van der Waals surface area contributed by atoms with E-state index in [1.54, 1.807) is 4.57 Å². The molecule has 0 aliphatic carbocycles. The van der Waals surface area contributed by atoms with Crippen molar-refractivity contribution in [3.63, 3.8) is 0 Å². The minimum atomic E-state index is -0.0156. The van der Waals surface area contributed by atoms with E-state index in [-0.39, 0.29) is 17.6 Å². The lowest BCUT2D eigenvalue weighted by atomic mass is 10.1. The van der Waals surface area contributed by atoms with Gasteiger partial charge >= 0.3 is 5.69 Å². The molecule has 118 valence electrons. The number of aryl methyl sites for hydroxylation is 1. The number of rotatable bonds is 3. The molecule has 6 nitrogen and oxygen atoms in total. The molecule has 2 aromatic rings. The first kappa shape index (κ1) is 14.8. The molecule has 1 aliphatic heterocycles. The highest BCUT2D eigenvalue weighted by Gasteiger charge is 2.24. The summed E-state index contributed by atoms with van der Waals surface area (Å²) in [5.41, 5.74) is 3.05. The predicted octanol–water partition coefficient (Wildman–Crippen LogP) is 0.853. The van der Waals surface area contributed by atoms with Crippen molar-refractivity contribution in [2.24, 2.45) is 7.05 Å². The smallest absolute Gasteiger partial charge is 0.329 e. The maximum absolute atomic E-state index is 12.6. The number of aromatic nitrogens is 2. The first-order chi connectivity index (χ1) is 10.5. The van der Waals surface area contributed by atoms with Gasteiger partial charge in [0.2, 0.25) is 5.91 Å². The molecule has 6 heteroatoms. The molecule has 22 heavy (non-hydrogen) atoms. The minimum Gasteiger partial charge on any atom is -0.354 e. The zero-order valence-electron chi connectivity index (χ0n) is 13.3. The van der Waals surface area contributed by atoms with Crippen LogP contribution in [-0.4, -0.2) is 40.6 Å². The average molecular weight is 302 g/mol. The van der Waals surface area contributed by atoms with Gasteiger partial charge in [0.05, 0.1) is 17.1 Å². The van der Waals surface area contributed by atoms with Crippen molar-refractivity contribution < 1.29 is 4.79 Å². The summed E-state index contributed by atoms with van der Waals surface area (Å²) < 4.78 is 3.53. The summed E-state index contributed by atoms with van der Waals surface area (Å²) in [5, 5.41) is 2.85. The van der Waals surface area contributed by atoms with Gasteiger partial charge < -0.3 is 10.2 Å². The molecule has 1 unspecified atom stereocenters. The van der Waals surface area contributed by atoms with Gasteiger partial charge in [0.25, 0.3) is 0 Å². The molecule has 0 radical (unpaired) electrons. The summed E-state index contributed by atoms with van der Waals surface area (Å²) in [6, 6.07) is 6.20. The zero-order chi connectivity index (χ0) is 15.9. The van der Waals surface area contributed by atoms with Crippen molar-refractivity contribution in [3.05, 3.63) is 34.2 Å². The highest BCUT2D eigenvalue weighted by molar-refractivity contribution is 5.78. The third-order valence-corrected chi connectivity index (χ3v) is 4.26. The quantitative estimate of drug-likeness (QED) is 0.914. The normalized spacial score (nSPS) is 18.9. The fourth-order valence-electron chi connectivity index (χ4n) is 3.17. The number of nitrogens with zero attached hydrogens (tertiary/aromatic N) is 3. The van der Waals surface area contributed by atoms with Crippen molar-refractivity contribution in [2.45, 2.75) is 25.4 Å². The van der Waals surface area contributed by atoms with Gasteiger partial charge in [-0.05, 0) is 38.2 Å². The summed E-state index contributed by atoms with van der Waals surface area (Å²) in [7, 11) is 5.86. The van der Waals surface area contributed by atoms with Crippen LogP contribution in [-0.2, 0) is 18.4 Å². The fraction of sp³-hybridized carbons (Fsp3) is 0.500. The molecule has 1 fully saturated rings. The van der Waals surface area contributed by atoms with E-state index in [1.165, 1.54) is 5.56 Å². The van der Waals surface area contributed by atoms with Gasteiger partial charge in [-0.3, -0.25) is 13.9 Å². The van der Waals surface area contributed by atoms with Gasteiger partial charge in [-0.15, -0.1) is 0 Å². The summed E-state index contributed by atoms with van der Waals surface area (Å²) in [4.78, 5) is 26.0. The van der Waals surface area contributed by atoms with Crippen molar-refractivity contribution in [2.75, 3.05) is 20.6 Å². The van der Waals surface area contributed by atoms with Crippen LogP contribution in [0.2, 0.25) is 0 Å². The van der Waals surface area contributed by atoms with E-state index in [9.17, 15) is 9.59 Å². The van der Waals surface area contributed by atoms with E-state index in [4.69, 9.17) is 0 Å². The maximum atomic E-state index is 12.6. The van der Waals surface area contributed by atoms with Crippen LogP contribution in [0.3, 0.4) is 0 Å². The van der Waals surface area contributed by atoms with Crippen molar-refractivity contribution in [1.82, 2.24) is 19.4 Å². The third kappa shape index (κ3) is 2.54. The van der Waals surface area contributed by atoms with Crippen molar-refractivity contribution in [1.29, 1.82) is 0 Å². The fourth-order valence-corrected chi connectivity index (χ4v) is 3.17. The average Bonchev–Trinajstić information content (AvgIpc) is 2.72. The van der Waals surface area contributed by atoms with E-state index >= 15 is 0 Å². The van der Waals surface area contributed by atoms with Gasteiger partial charge in [-0.25, -0.2) is 4.79 Å². The molecule has 1 aromatic carbocycles. The van der Waals surface area contributed by atoms with Crippen LogP contribution >= 0.6 is 0 Å². The number of hydrogen-bond donors (Lipinski definition) is 1. The maximum Gasteiger partial charge on any atom is 0.329 e. The summed E-state index contributed by atoms with van der Waals surface area (Å²) >= 11 is 0. The molecule has 1 N–H and O–H groups in total. The first-order valence-electron chi connectivity index (χ1n) is 7.58. The second-order valence-electron chi connectivity index (χ2n) is 6.27. The highest BCUT2D eigenvalue weighted by atomic mass is 16.2. The molecule has 1 aliphatic rings. The number of carbonyl (C=O) groups is 1. The van der Waals surface area contributed by atoms with Crippen LogP contribution in [0.1, 0.15) is 24.4 Å². The number of benzene rings is 1. The monoisotopic (exact) mass is 302 g/mol. The molecule has 1 amide bonds. The SMILES string of the molecule is CN(C)Cc1ccc2c(c1)n(C)c(=O)n2C1CCC(=O)NC1. The van der Waals surface area contributed by atoms with Crippen molar-refractivity contribution in [3.8, 4) is 0 Å². The Hall–Kier alpha value is -2.08. The van der Waals surface area contributed by atoms with E-state index < -0.39 is 0 Å². The van der Waals surface area contributed by atoms with Crippen LogP contribution in [0.4, 0.5) is 0 Å². The number of amides is 1. The lowest BCUT2D eigenvalue weighted by Crippen LogP contribution is -2.39. The summed E-state index contributed by atoms with van der Waals surface area (Å²) in [6.45, 7) is 1.37. The van der Waals surface area contributed by atoms with E-state index in [2.05, 4.69) is 22.3 Å². The lowest BCUT2D eigenvalue weighted by Gasteiger charge is -2.23. The Bertz CT molecular complexity index is 762. The number of imidazole rings is 1. The Kier molecular flexibility index (Phi) is 3.78. The van der Waals surface area contributed by atoms with Gasteiger partial charge in [-0.2, -0.15) is 0 Å². The number of nitrogens with one attached hydrogen (secondary N) is 1. The Morgan fingerprint density at radius 2 is 2.05 bits per heavy atom. The Labute approximate surface area is 129 Å². The molecule has 1 atom stereocenters. The van der Waals surface area contributed by atoms with Crippen molar-refractivity contribution >= 4 is 16.9 Å². The Morgan fingerprint density at radius 1 is 1.27 bits per heavy atom. The molecule has 0 saturated carbocycles. The van der Waals surface area contributed by atoms with E-state index in [0.29, 0.717) is 19.4 Å². The van der Waals surface area contributed by atoms with Crippen LogP contribution in [0.25, 0.3) is 11.0 Å². The topological polar surface area (TPSA) is 59.3 Å². The lowest BCUT2D eigenvalue weighted by molar-refractivity contribution is -0.122. The molecule has 0 bridgehead atoms. The van der Waals surface area contributed by atoms with Crippen LogP contribution in [0.5, 0.6) is 0 Å². The number of carbonyl (C=O) groups excluding carboxylic acids is 1. The third-order valence-electron chi connectivity index (χ3n) is 4.26. The standard InChI is InChI=1S/C16H22N4O2/c1-18(2)10-11-4-6-13-14(8-11)19(3)16(22)20(13)12-5-7-15(21)17-9-12/h4,6,8,12H,5,7,9-10H2,1-3H3,(H,17,21). The van der Waals surface area contributed by atoms with Crippen LogP contribution in [0.15, 0.2) is 23.0 Å². The summed E-state index contributed by atoms with van der Waals surface area (Å²) in [6.07, 6.45) is 1.19. The zero-order valence-corrected chi connectivity index (χ0v) is 13.3. The molecule has 3 rings (SSSR count). The summed E-state index contributed by atoms with van der Waals surface area (Å²) in [5.74, 6) is 0.0674. The molecule has 1 saturated heterocycles. The van der Waals surface area contributed by atoms with Gasteiger partial charge in [-0.1, -0.05) is 6.07 Å². The molecule has 0 spiro atoms. The molecule has 2 heterocycles. The van der Waals surface area contributed by atoms with Gasteiger partial charge in [0, 0.05) is 26.6 Å². The van der Waals surface area contributed by atoms with Crippen LogP contribution in [0, 0.1) is 0 Å². The van der Waals surface area contributed by atoms with Crippen LogP contribution < -0.4 is 11.0 Å². The Morgan fingerprint density at radius 3 is 2.68 bits per heavy atom. The van der Waals surface area contributed by atoms with Gasteiger partial charge in [0.15, 0.2) is 0 Å². The van der Waals surface area contributed by atoms with E-state index in [0.717, 1.165) is 17.6 Å². The highest BCUT2D eigenvalue weighted by Crippen LogP contribution is 2.23. The minimum absolute atomic E-state index is 0.0156. The van der Waals surface area contributed by atoms with E-state index in [1.807, 2.05) is 31.8 Å².